The smallest absolute Gasteiger partial charge is 0.418 e. The summed E-state index contributed by atoms with van der Waals surface area (Å²) in [5.74, 6) is -1.39. The lowest BCUT2D eigenvalue weighted by molar-refractivity contribution is -0.138. The van der Waals surface area contributed by atoms with Crippen LogP contribution in [0.3, 0.4) is 0 Å². The number of carboxylic acids is 1. The Labute approximate surface area is 94.7 Å². The summed E-state index contributed by atoms with van der Waals surface area (Å²) in [6.45, 7) is 1.38. The molecule has 1 aromatic heterocycles. The van der Waals surface area contributed by atoms with Crippen molar-refractivity contribution in [3.05, 3.63) is 23.4 Å². The van der Waals surface area contributed by atoms with E-state index in [0.717, 1.165) is 12.5 Å². The van der Waals surface area contributed by atoms with Gasteiger partial charge in [0, 0.05) is 13.1 Å². The number of hydrogen-bond donors (Lipinski definition) is 1. The molecule has 0 saturated carbocycles. The maximum absolute atomic E-state index is 12.5. The largest absolute Gasteiger partial charge is 0.476 e. The van der Waals surface area contributed by atoms with E-state index in [4.69, 9.17) is 5.11 Å². The molecular formula is C10H9F3N2O2. The fraction of sp³-hybridized carbons (Fsp3) is 0.400. The summed E-state index contributed by atoms with van der Waals surface area (Å²) in [6.07, 6.45) is -3.76. The molecule has 92 valence electrons. The third kappa shape index (κ3) is 2.17. The number of pyridine rings is 1. The molecule has 4 nitrogen and oxygen atoms in total. The molecule has 0 amide bonds. The predicted molar refractivity (Wildman–Crippen MR) is 53.0 cm³/mol. The van der Waals surface area contributed by atoms with E-state index in [0.29, 0.717) is 13.1 Å². The zero-order valence-electron chi connectivity index (χ0n) is 8.66. The average Bonchev–Trinajstić information content (AvgIpc) is 2.13. The molecule has 1 N–H and O–H groups in total. The molecule has 2 heterocycles. The molecule has 1 aliphatic rings. The Balaban J connectivity index is 2.44. The topological polar surface area (TPSA) is 53.4 Å². The van der Waals surface area contributed by atoms with E-state index in [1.807, 2.05) is 0 Å². The normalized spacial score (nSPS) is 15.6. The van der Waals surface area contributed by atoms with E-state index >= 15 is 0 Å². The van der Waals surface area contributed by atoms with Crippen LogP contribution in [0.2, 0.25) is 0 Å². The lowest BCUT2D eigenvalue weighted by Crippen LogP contribution is -2.38. The van der Waals surface area contributed by atoms with Gasteiger partial charge in [-0.1, -0.05) is 0 Å². The number of alkyl halides is 3. The number of halogens is 3. The fourth-order valence-corrected chi connectivity index (χ4v) is 1.56. The zero-order valence-corrected chi connectivity index (χ0v) is 8.66. The van der Waals surface area contributed by atoms with Gasteiger partial charge in [0.2, 0.25) is 0 Å². The van der Waals surface area contributed by atoms with Crippen molar-refractivity contribution in [1.82, 2.24) is 4.98 Å². The Morgan fingerprint density at radius 1 is 1.35 bits per heavy atom. The first kappa shape index (κ1) is 11.7. The van der Waals surface area contributed by atoms with Crippen molar-refractivity contribution in [2.75, 3.05) is 18.0 Å². The second kappa shape index (κ2) is 3.90. The standard InChI is InChI=1S/C10H9F3N2O2/c11-10(12,13)6-2-3-7(15-4-1-5-15)14-8(6)9(16)17/h2-3H,1,4-5H2,(H,16,17). The van der Waals surface area contributed by atoms with Gasteiger partial charge >= 0.3 is 12.1 Å². The summed E-state index contributed by atoms with van der Waals surface area (Å²) in [7, 11) is 0. The minimum atomic E-state index is -4.70. The highest BCUT2D eigenvalue weighted by molar-refractivity contribution is 5.88. The Morgan fingerprint density at radius 3 is 2.41 bits per heavy atom. The molecule has 0 spiro atoms. The lowest BCUT2D eigenvalue weighted by Gasteiger charge is -2.32. The molecule has 1 fully saturated rings. The highest BCUT2D eigenvalue weighted by atomic mass is 19.4. The van der Waals surface area contributed by atoms with Crippen LogP contribution in [0, 0.1) is 0 Å². The molecule has 0 radical (unpaired) electrons. The van der Waals surface area contributed by atoms with E-state index in [2.05, 4.69) is 4.98 Å². The number of aromatic carboxylic acids is 1. The van der Waals surface area contributed by atoms with E-state index < -0.39 is 23.4 Å². The highest BCUT2D eigenvalue weighted by Gasteiger charge is 2.37. The molecule has 7 heteroatoms. The second-order valence-electron chi connectivity index (χ2n) is 3.71. The molecule has 2 rings (SSSR count). The SMILES string of the molecule is O=C(O)c1nc(N2CCC2)ccc1C(F)(F)F. The number of aromatic nitrogens is 1. The van der Waals surface area contributed by atoms with Crippen LogP contribution in [0.5, 0.6) is 0 Å². The molecule has 0 atom stereocenters. The predicted octanol–water partition coefficient (Wildman–Crippen LogP) is 2.01. The van der Waals surface area contributed by atoms with Crippen molar-refractivity contribution in [2.45, 2.75) is 12.6 Å². The summed E-state index contributed by atoms with van der Waals surface area (Å²) < 4.78 is 37.6. The van der Waals surface area contributed by atoms with Crippen LogP contribution in [0.1, 0.15) is 22.5 Å². The van der Waals surface area contributed by atoms with Gasteiger partial charge < -0.3 is 10.0 Å². The van der Waals surface area contributed by atoms with Gasteiger partial charge in [-0.3, -0.25) is 0 Å². The lowest BCUT2D eigenvalue weighted by atomic mass is 10.1. The fourth-order valence-electron chi connectivity index (χ4n) is 1.56. The summed E-state index contributed by atoms with van der Waals surface area (Å²) in [6, 6.07) is 1.97. The number of nitrogens with zero attached hydrogens (tertiary/aromatic N) is 2. The van der Waals surface area contributed by atoms with Crippen molar-refractivity contribution < 1.29 is 23.1 Å². The van der Waals surface area contributed by atoms with Gasteiger partial charge in [-0.25, -0.2) is 9.78 Å². The van der Waals surface area contributed by atoms with Crippen LogP contribution < -0.4 is 4.90 Å². The monoisotopic (exact) mass is 246 g/mol. The Hall–Kier alpha value is -1.79. The molecule has 0 aromatic carbocycles. The van der Waals surface area contributed by atoms with Crippen molar-refractivity contribution in [3.63, 3.8) is 0 Å². The first-order valence-electron chi connectivity index (χ1n) is 4.96. The van der Waals surface area contributed by atoms with Crippen LogP contribution in [0.4, 0.5) is 19.0 Å². The Bertz CT molecular complexity index is 455. The van der Waals surface area contributed by atoms with E-state index in [9.17, 15) is 18.0 Å². The van der Waals surface area contributed by atoms with E-state index in [-0.39, 0.29) is 5.82 Å². The maximum Gasteiger partial charge on any atom is 0.418 e. The van der Waals surface area contributed by atoms with Crippen LogP contribution in [-0.2, 0) is 6.18 Å². The molecule has 0 bridgehead atoms. The highest BCUT2D eigenvalue weighted by Crippen LogP contribution is 2.33. The summed E-state index contributed by atoms with van der Waals surface area (Å²) in [5, 5.41) is 8.74. The van der Waals surface area contributed by atoms with Gasteiger partial charge in [0.05, 0.1) is 5.56 Å². The van der Waals surface area contributed by atoms with Crippen molar-refractivity contribution in [3.8, 4) is 0 Å². The second-order valence-corrected chi connectivity index (χ2v) is 3.71. The van der Waals surface area contributed by atoms with Gasteiger partial charge in [0.15, 0.2) is 5.69 Å². The maximum atomic E-state index is 12.5. The van der Waals surface area contributed by atoms with Gasteiger partial charge in [0.1, 0.15) is 5.82 Å². The number of anilines is 1. The van der Waals surface area contributed by atoms with E-state index in [1.54, 1.807) is 4.90 Å². The summed E-state index contributed by atoms with van der Waals surface area (Å²) in [4.78, 5) is 16.1. The number of hydrogen-bond acceptors (Lipinski definition) is 3. The van der Waals surface area contributed by atoms with Crippen molar-refractivity contribution in [1.29, 1.82) is 0 Å². The van der Waals surface area contributed by atoms with Crippen LogP contribution in [-0.4, -0.2) is 29.1 Å². The minimum Gasteiger partial charge on any atom is -0.476 e. The van der Waals surface area contributed by atoms with Crippen LogP contribution in [0.15, 0.2) is 12.1 Å². The van der Waals surface area contributed by atoms with Crippen LogP contribution in [0.25, 0.3) is 0 Å². The number of rotatable bonds is 2. The molecule has 1 saturated heterocycles. The van der Waals surface area contributed by atoms with E-state index in [1.165, 1.54) is 6.07 Å². The Kier molecular flexibility index (Phi) is 2.68. The first-order chi connectivity index (χ1) is 7.89. The van der Waals surface area contributed by atoms with Gasteiger partial charge in [-0.2, -0.15) is 13.2 Å². The third-order valence-electron chi connectivity index (χ3n) is 2.57. The number of carbonyl (C=O) groups is 1. The van der Waals surface area contributed by atoms with Gasteiger partial charge in [-0.15, -0.1) is 0 Å². The molecular weight excluding hydrogens is 237 g/mol. The quantitative estimate of drug-likeness (QED) is 0.867. The number of carboxylic acid groups (broad SMARTS) is 1. The molecule has 1 aliphatic heterocycles. The molecule has 0 unspecified atom stereocenters. The minimum absolute atomic E-state index is 0.279. The average molecular weight is 246 g/mol. The first-order valence-corrected chi connectivity index (χ1v) is 4.96. The molecule has 0 aliphatic carbocycles. The van der Waals surface area contributed by atoms with Gasteiger partial charge in [0.25, 0.3) is 0 Å². The summed E-state index contributed by atoms with van der Waals surface area (Å²) >= 11 is 0. The molecule has 17 heavy (non-hydrogen) atoms. The van der Waals surface area contributed by atoms with Crippen molar-refractivity contribution >= 4 is 11.8 Å². The Morgan fingerprint density at radius 2 is 2.00 bits per heavy atom. The summed E-state index contributed by atoms with van der Waals surface area (Å²) in [5.41, 5.74) is -2.16. The van der Waals surface area contributed by atoms with Gasteiger partial charge in [-0.05, 0) is 18.6 Å². The van der Waals surface area contributed by atoms with Crippen molar-refractivity contribution in [2.24, 2.45) is 0 Å². The molecule has 1 aromatic rings. The zero-order chi connectivity index (χ0) is 12.6. The third-order valence-corrected chi connectivity index (χ3v) is 2.57. The van der Waals surface area contributed by atoms with Crippen LogP contribution >= 0.6 is 0 Å².